The molecule has 0 aromatic heterocycles. The van der Waals surface area contributed by atoms with Gasteiger partial charge in [-0.05, 0) is 17.5 Å². The van der Waals surface area contributed by atoms with E-state index in [9.17, 15) is 5.11 Å². The van der Waals surface area contributed by atoms with E-state index in [0.717, 1.165) is 25.1 Å². The zero-order valence-corrected chi connectivity index (χ0v) is 11.2. The van der Waals surface area contributed by atoms with E-state index < -0.39 is 6.10 Å². The molecular weight excluding hydrogens is 222 g/mol. The van der Waals surface area contributed by atoms with Gasteiger partial charge in [-0.1, -0.05) is 43.3 Å². The largest absolute Gasteiger partial charge is 0.387 e. The first kappa shape index (κ1) is 14.7. The third kappa shape index (κ3) is 4.47. The second-order valence-electron chi connectivity index (χ2n) is 4.41. The molecule has 18 heavy (non-hydrogen) atoms. The van der Waals surface area contributed by atoms with Gasteiger partial charge in [0.15, 0.2) is 0 Å². The van der Waals surface area contributed by atoms with Gasteiger partial charge in [0, 0.05) is 19.6 Å². The van der Waals surface area contributed by atoms with Crippen LogP contribution in [0.4, 0.5) is 0 Å². The van der Waals surface area contributed by atoms with E-state index in [4.69, 9.17) is 0 Å². The first-order valence-corrected chi connectivity index (χ1v) is 6.42. The molecule has 2 heteroatoms. The molecule has 0 bridgehead atoms. The molecule has 0 aliphatic rings. The van der Waals surface area contributed by atoms with Crippen LogP contribution in [0.25, 0.3) is 0 Å². The summed E-state index contributed by atoms with van der Waals surface area (Å²) in [6.45, 7) is 11.7. The van der Waals surface area contributed by atoms with Crippen molar-refractivity contribution in [3.05, 3.63) is 60.7 Å². The second kappa shape index (κ2) is 7.85. The Hall–Kier alpha value is -1.38. The van der Waals surface area contributed by atoms with Crippen LogP contribution < -0.4 is 0 Å². The van der Waals surface area contributed by atoms with Gasteiger partial charge < -0.3 is 5.11 Å². The van der Waals surface area contributed by atoms with Gasteiger partial charge >= 0.3 is 0 Å². The highest BCUT2D eigenvalue weighted by Crippen LogP contribution is 2.15. The molecule has 2 nitrogen and oxygen atoms in total. The van der Waals surface area contributed by atoms with Crippen molar-refractivity contribution in [3.8, 4) is 0 Å². The van der Waals surface area contributed by atoms with Crippen LogP contribution in [0.15, 0.2) is 49.6 Å². The molecule has 0 radical (unpaired) electrons. The van der Waals surface area contributed by atoms with Gasteiger partial charge in [-0.25, -0.2) is 0 Å². The number of benzene rings is 1. The molecule has 1 atom stereocenters. The topological polar surface area (TPSA) is 23.5 Å². The summed E-state index contributed by atoms with van der Waals surface area (Å²) in [6.07, 6.45) is 4.25. The van der Waals surface area contributed by atoms with Crippen molar-refractivity contribution in [3.63, 3.8) is 0 Å². The fourth-order valence-electron chi connectivity index (χ4n) is 1.91. The Bertz CT molecular complexity index is 359. The quantitative estimate of drug-likeness (QED) is 0.712. The van der Waals surface area contributed by atoms with E-state index in [1.807, 2.05) is 24.3 Å². The van der Waals surface area contributed by atoms with Gasteiger partial charge in [-0.15, -0.1) is 13.2 Å². The molecule has 0 heterocycles. The van der Waals surface area contributed by atoms with Crippen LogP contribution in [0.2, 0.25) is 0 Å². The number of rotatable bonds is 8. The highest BCUT2D eigenvalue weighted by atomic mass is 16.3. The highest BCUT2D eigenvalue weighted by Gasteiger charge is 2.11. The van der Waals surface area contributed by atoms with Gasteiger partial charge in [0.05, 0.1) is 6.10 Å². The molecule has 1 aromatic rings. The fourth-order valence-corrected chi connectivity index (χ4v) is 1.91. The molecule has 1 unspecified atom stereocenters. The maximum Gasteiger partial charge on any atom is 0.0917 e. The maximum atomic E-state index is 10.2. The van der Waals surface area contributed by atoms with Crippen molar-refractivity contribution in [2.24, 2.45) is 0 Å². The Kier molecular flexibility index (Phi) is 6.40. The first-order valence-electron chi connectivity index (χ1n) is 6.42. The lowest BCUT2D eigenvalue weighted by atomic mass is 10.1. The number of nitrogens with zero attached hydrogens (tertiary/aromatic N) is 1. The highest BCUT2D eigenvalue weighted by molar-refractivity contribution is 5.24. The van der Waals surface area contributed by atoms with Crippen LogP contribution in [0.5, 0.6) is 0 Å². The molecule has 0 saturated heterocycles. The van der Waals surface area contributed by atoms with Crippen molar-refractivity contribution < 1.29 is 5.11 Å². The number of hydrogen-bond donors (Lipinski definition) is 1. The predicted octanol–water partition coefficient (Wildman–Crippen LogP) is 2.96. The second-order valence-corrected chi connectivity index (χ2v) is 4.41. The van der Waals surface area contributed by atoms with Crippen molar-refractivity contribution >= 4 is 0 Å². The van der Waals surface area contributed by atoms with E-state index in [-0.39, 0.29) is 0 Å². The summed E-state index contributed by atoms with van der Waals surface area (Å²) in [7, 11) is 0. The maximum absolute atomic E-state index is 10.2. The SMILES string of the molecule is C=CCN(CC=C)CC(O)c1ccc(CC)cc1. The third-order valence-electron chi connectivity index (χ3n) is 2.98. The Balaban J connectivity index is 2.63. The Morgan fingerprint density at radius 3 is 2.17 bits per heavy atom. The molecule has 1 N–H and O–H groups in total. The van der Waals surface area contributed by atoms with E-state index in [1.54, 1.807) is 0 Å². The number of aryl methyl sites for hydroxylation is 1. The van der Waals surface area contributed by atoms with E-state index in [2.05, 4.69) is 37.1 Å². The third-order valence-corrected chi connectivity index (χ3v) is 2.98. The standard InChI is InChI=1S/C16H23NO/c1-4-11-17(12-5-2)13-16(18)15-9-7-14(6-3)8-10-15/h4-5,7-10,16,18H,1-2,6,11-13H2,3H3. The Morgan fingerprint density at radius 2 is 1.72 bits per heavy atom. The van der Waals surface area contributed by atoms with Crippen LogP contribution in [0.3, 0.4) is 0 Å². The molecule has 1 rings (SSSR count). The molecule has 98 valence electrons. The summed E-state index contributed by atoms with van der Waals surface area (Å²) in [5, 5.41) is 10.2. The number of hydrogen-bond acceptors (Lipinski definition) is 2. The minimum atomic E-state index is -0.462. The van der Waals surface area contributed by atoms with Gasteiger partial charge in [0.25, 0.3) is 0 Å². The van der Waals surface area contributed by atoms with Crippen LogP contribution in [-0.4, -0.2) is 29.6 Å². The minimum absolute atomic E-state index is 0.462. The van der Waals surface area contributed by atoms with Gasteiger partial charge in [0.2, 0.25) is 0 Å². The number of aliphatic hydroxyl groups excluding tert-OH is 1. The van der Waals surface area contributed by atoms with Gasteiger partial charge in [-0.2, -0.15) is 0 Å². The molecular formula is C16H23NO. The van der Waals surface area contributed by atoms with Crippen molar-refractivity contribution in [2.75, 3.05) is 19.6 Å². The van der Waals surface area contributed by atoms with Crippen LogP contribution in [0.1, 0.15) is 24.2 Å². The minimum Gasteiger partial charge on any atom is -0.387 e. The molecule has 0 spiro atoms. The van der Waals surface area contributed by atoms with Crippen LogP contribution in [0, 0.1) is 0 Å². The Labute approximate surface area is 110 Å². The summed E-state index contributed by atoms with van der Waals surface area (Å²) in [6, 6.07) is 8.15. The zero-order valence-electron chi connectivity index (χ0n) is 11.2. The first-order chi connectivity index (χ1) is 8.71. The molecule has 0 fully saturated rings. The lowest BCUT2D eigenvalue weighted by Gasteiger charge is -2.22. The van der Waals surface area contributed by atoms with Gasteiger partial charge in [-0.3, -0.25) is 4.90 Å². The molecule has 0 aliphatic carbocycles. The van der Waals surface area contributed by atoms with Crippen LogP contribution >= 0.6 is 0 Å². The summed E-state index contributed by atoms with van der Waals surface area (Å²) in [5.41, 5.74) is 2.25. The smallest absolute Gasteiger partial charge is 0.0917 e. The summed E-state index contributed by atoms with van der Waals surface area (Å²) >= 11 is 0. The lowest BCUT2D eigenvalue weighted by molar-refractivity contribution is 0.125. The molecule has 0 aliphatic heterocycles. The van der Waals surface area contributed by atoms with Crippen molar-refractivity contribution in [2.45, 2.75) is 19.4 Å². The van der Waals surface area contributed by atoms with Crippen LogP contribution in [-0.2, 0) is 6.42 Å². The average molecular weight is 245 g/mol. The monoisotopic (exact) mass is 245 g/mol. The van der Waals surface area contributed by atoms with Gasteiger partial charge in [0.1, 0.15) is 0 Å². The average Bonchev–Trinajstić information content (AvgIpc) is 2.39. The molecule has 0 amide bonds. The summed E-state index contributed by atoms with van der Waals surface area (Å²) < 4.78 is 0. The number of aliphatic hydroxyl groups is 1. The van der Waals surface area contributed by atoms with E-state index in [1.165, 1.54) is 5.56 Å². The van der Waals surface area contributed by atoms with Crippen molar-refractivity contribution in [1.82, 2.24) is 4.90 Å². The summed E-state index contributed by atoms with van der Waals surface area (Å²) in [4.78, 5) is 2.11. The molecule has 0 saturated carbocycles. The predicted molar refractivity (Wildman–Crippen MR) is 77.6 cm³/mol. The summed E-state index contributed by atoms with van der Waals surface area (Å²) in [5.74, 6) is 0. The zero-order chi connectivity index (χ0) is 13.4. The Morgan fingerprint density at radius 1 is 1.17 bits per heavy atom. The van der Waals surface area contributed by atoms with E-state index >= 15 is 0 Å². The van der Waals surface area contributed by atoms with Crippen molar-refractivity contribution in [1.29, 1.82) is 0 Å². The molecule has 1 aromatic carbocycles. The van der Waals surface area contributed by atoms with E-state index in [0.29, 0.717) is 6.54 Å². The normalized spacial score (nSPS) is 12.4. The fraction of sp³-hybridized carbons (Fsp3) is 0.375. The lowest BCUT2D eigenvalue weighted by Crippen LogP contribution is -2.29.